The lowest BCUT2D eigenvalue weighted by atomic mass is 10.0. The number of carbonyl (C=O) groups is 1. The van der Waals surface area contributed by atoms with Crippen LogP contribution in [0.25, 0.3) is 0 Å². The molecule has 0 aliphatic heterocycles. The molecular weight excluding hydrogens is 188 g/mol. The Hall–Kier alpha value is -1.41. The summed E-state index contributed by atoms with van der Waals surface area (Å²) in [4.78, 5) is 11.6. The first-order valence-electron chi connectivity index (χ1n) is 5.11. The van der Waals surface area contributed by atoms with E-state index in [1.54, 1.807) is 18.2 Å². The van der Waals surface area contributed by atoms with E-state index < -0.39 is 6.10 Å². The molecule has 0 aromatic heterocycles. The van der Waals surface area contributed by atoms with E-state index >= 15 is 0 Å². The third-order valence-corrected chi connectivity index (χ3v) is 2.24. The number of benzene rings is 1. The Balaban J connectivity index is 2.40. The molecule has 1 aromatic rings. The van der Waals surface area contributed by atoms with Crippen molar-refractivity contribution in [2.75, 3.05) is 0 Å². The molecule has 1 rings (SSSR count). The first-order valence-corrected chi connectivity index (χ1v) is 5.11. The molecule has 0 amide bonds. The molecule has 0 saturated heterocycles. The highest BCUT2D eigenvalue weighted by Crippen LogP contribution is 2.08. The number of hydrogen-bond acceptors (Lipinski definition) is 2. The van der Waals surface area contributed by atoms with E-state index in [9.17, 15) is 9.90 Å². The average Bonchev–Trinajstić information content (AvgIpc) is 2.27. The maximum absolute atomic E-state index is 11.6. The normalized spacial score (nSPS) is 12.1. The number of ketones is 1. The number of rotatable bonds is 6. The van der Waals surface area contributed by atoms with Crippen molar-refractivity contribution in [1.82, 2.24) is 0 Å². The number of carbonyl (C=O) groups excluding carboxylic acids is 1. The number of aliphatic hydroxyl groups excluding tert-OH is 1. The van der Waals surface area contributed by atoms with Crippen LogP contribution in [-0.4, -0.2) is 17.0 Å². The zero-order valence-electron chi connectivity index (χ0n) is 8.73. The molecule has 2 heteroatoms. The van der Waals surface area contributed by atoms with Gasteiger partial charge in [-0.3, -0.25) is 4.79 Å². The SMILES string of the molecule is C=CC[C@H](O)CCC(=O)c1ccccc1. The van der Waals surface area contributed by atoms with Crippen molar-refractivity contribution >= 4 is 5.78 Å². The van der Waals surface area contributed by atoms with Crippen LogP contribution in [0, 0.1) is 0 Å². The molecule has 1 N–H and O–H groups in total. The predicted octanol–water partition coefficient (Wildman–Crippen LogP) is 2.59. The van der Waals surface area contributed by atoms with Gasteiger partial charge < -0.3 is 5.11 Å². The summed E-state index contributed by atoms with van der Waals surface area (Å²) >= 11 is 0. The summed E-state index contributed by atoms with van der Waals surface area (Å²) in [6.07, 6.45) is 2.65. The summed E-state index contributed by atoms with van der Waals surface area (Å²) in [7, 11) is 0. The van der Waals surface area contributed by atoms with Gasteiger partial charge in [0.1, 0.15) is 0 Å². The molecule has 1 atom stereocenters. The van der Waals surface area contributed by atoms with Crippen molar-refractivity contribution in [3.8, 4) is 0 Å². The van der Waals surface area contributed by atoms with Gasteiger partial charge >= 0.3 is 0 Å². The fraction of sp³-hybridized carbons (Fsp3) is 0.308. The molecular formula is C13H16O2. The van der Waals surface area contributed by atoms with Crippen molar-refractivity contribution in [2.24, 2.45) is 0 Å². The summed E-state index contributed by atoms with van der Waals surface area (Å²) in [5.41, 5.74) is 0.711. The number of Topliss-reactive ketones (excluding diaryl/α,β-unsaturated/α-hetero) is 1. The summed E-state index contributed by atoms with van der Waals surface area (Å²) in [6.45, 7) is 3.54. The highest BCUT2D eigenvalue weighted by molar-refractivity contribution is 5.95. The molecule has 0 heterocycles. The van der Waals surface area contributed by atoms with Gasteiger partial charge in [-0.25, -0.2) is 0 Å². The molecule has 0 saturated carbocycles. The van der Waals surface area contributed by atoms with Crippen molar-refractivity contribution in [1.29, 1.82) is 0 Å². The lowest BCUT2D eigenvalue weighted by Gasteiger charge is -2.06. The third-order valence-electron chi connectivity index (χ3n) is 2.24. The van der Waals surface area contributed by atoms with Crippen LogP contribution in [0.3, 0.4) is 0 Å². The number of hydrogen-bond donors (Lipinski definition) is 1. The molecule has 0 aliphatic carbocycles. The fourth-order valence-corrected chi connectivity index (χ4v) is 1.38. The summed E-state index contributed by atoms with van der Waals surface area (Å²) < 4.78 is 0. The van der Waals surface area contributed by atoms with Crippen LogP contribution in [-0.2, 0) is 0 Å². The van der Waals surface area contributed by atoms with Crippen LogP contribution >= 0.6 is 0 Å². The Bertz CT molecular complexity index is 317. The zero-order valence-corrected chi connectivity index (χ0v) is 8.73. The summed E-state index contributed by atoms with van der Waals surface area (Å²) in [5.74, 6) is 0.0821. The minimum absolute atomic E-state index is 0.0821. The minimum Gasteiger partial charge on any atom is -0.393 e. The minimum atomic E-state index is -0.449. The van der Waals surface area contributed by atoms with Crippen molar-refractivity contribution in [2.45, 2.75) is 25.4 Å². The molecule has 15 heavy (non-hydrogen) atoms. The van der Waals surface area contributed by atoms with Gasteiger partial charge in [-0.15, -0.1) is 6.58 Å². The van der Waals surface area contributed by atoms with E-state index in [0.717, 1.165) is 0 Å². The topological polar surface area (TPSA) is 37.3 Å². The van der Waals surface area contributed by atoms with Gasteiger partial charge in [-0.2, -0.15) is 0 Å². The first-order chi connectivity index (χ1) is 7.24. The highest BCUT2D eigenvalue weighted by atomic mass is 16.3. The number of aliphatic hydroxyl groups is 1. The van der Waals surface area contributed by atoms with Crippen molar-refractivity contribution in [3.05, 3.63) is 48.6 Å². The van der Waals surface area contributed by atoms with Crippen molar-refractivity contribution in [3.63, 3.8) is 0 Å². The third kappa shape index (κ3) is 4.09. The van der Waals surface area contributed by atoms with Crippen molar-refractivity contribution < 1.29 is 9.90 Å². The monoisotopic (exact) mass is 204 g/mol. The highest BCUT2D eigenvalue weighted by Gasteiger charge is 2.08. The molecule has 0 radical (unpaired) electrons. The summed E-state index contributed by atoms with van der Waals surface area (Å²) in [5, 5.41) is 9.42. The summed E-state index contributed by atoms with van der Waals surface area (Å²) in [6, 6.07) is 9.15. The second kappa shape index (κ2) is 6.14. The van der Waals surface area contributed by atoms with Crippen LogP contribution in [0.15, 0.2) is 43.0 Å². The van der Waals surface area contributed by atoms with Gasteiger partial charge in [-0.1, -0.05) is 36.4 Å². The molecule has 0 unspecified atom stereocenters. The van der Waals surface area contributed by atoms with E-state index in [2.05, 4.69) is 6.58 Å². The second-order valence-electron chi connectivity index (χ2n) is 3.51. The molecule has 2 nitrogen and oxygen atoms in total. The Morgan fingerprint density at radius 2 is 2.07 bits per heavy atom. The Labute approximate surface area is 90.3 Å². The molecule has 0 spiro atoms. The fourth-order valence-electron chi connectivity index (χ4n) is 1.38. The van der Waals surface area contributed by atoms with Gasteiger partial charge in [-0.05, 0) is 12.8 Å². The van der Waals surface area contributed by atoms with Gasteiger partial charge in [0.2, 0.25) is 0 Å². The van der Waals surface area contributed by atoms with E-state index in [1.165, 1.54) is 0 Å². The van der Waals surface area contributed by atoms with E-state index in [-0.39, 0.29) is 5.78 Å². The average molecular weight is 204 g/mol. The van der Waals surface area contributed by atoms with E-state index in [1.807, 2.05) is 18.2 Å². The van der Waals surface area contributed by atoms with E-state index in [4.69, 9.17) is 0 Å². The van der Waals surface area contributed by atoms with E-state index in [0.29, 0.717) is 24.8 Å². The first kappa shape index (κ1) is 11.7. The smallest absolute Gasteiger partial charge is 0.162 e. The largest absolute Gasteiger partial charge is 0.393 e. The van der Waals surface area contributed by atoms with Crippen LogP contribution < -0.4 is 0 Å². The maximum Gasteiger partial charge on any atom is 0.162 e. The molecule has 80 valence electrons. The molecule has 0 bridgehead atoms. The van der Waals surface area contributed by atoms with Gasteiger partial charge in [0.05, 0.1) is 6.10 Å². The quantitative estimate of drug-likeness (QED) is 0.571. The second-order valence-corrected chi connectivity index (χ2v) is 3.51. The predicted molar refractivity (Wildman–Crippen MR) is 60.8 cm³/mol. The Kier molecular flexibility index (Phi) is 4.78. The van der Waals surface area contributed by atoms with Crippen LogP contribution in [0.2, 0.25) is 0 Å². The standard InChI is InChI=1S/C13H16O2/c1-2-6-12(14)9-10-13(15)11-7-4-3-5-8-11/h2-5,7-8,12,14H,1,6,9-10H2/t12-/m0/s1. The lowest BCUT2D eigenvalue weighted by Crippen LogP contribution is -2.08. The van der Waals surface area contributed by atoms with Crippen LogP contribution in [0.1, 0.15) is 29.6 Å². The van der Waals surface area contributed by atoms with Gasteiger partial charge in [0.25, 0.3) is 0 Å². The molecule has 0 aliphatic rings. The van der Waals surface area contributed by atoms with Crippen LogP contribution in [0.5, 0.6) is 0 Å². The Morgan fingerprint density at radius 3 is 2.67 bits per heavy atom. The lowest BCUT2D eigenvalue weighted by molar-refractivity contribution is 0.0941. The van der Waals surface area contributed by atoms with Gasteiger partial charge in [0, 0.05) is 12.0 Å². The van der Waals surface area contributed by atoms with Crippen LogP contribution in [0.4, 0.5) is 0 Å². The van der Waals surface area contributed by atoms with Gasteiger partial charge in [0.15, 0.2) is 5.78 Å². The Morgan fingerprint density at radius 1 is 1.40 bits per heavy atom. The molecule has 1 aromatic carbocycles. The molecule has 0 fully saturated rings. The maximum atomic E-state index is 11.6. The zero-order chi connectivity index (χ0) is 11.1.